The number of hydrogen-bond acceptors (Lipinski definition) is 5. The lowest BCUT2D eigenvalue weighted by molar-refractivity contribution is -0.134. The van der Waals surface area contributed by atoms with Gasteiger partial charge in [0.1, 0.15) is 5.82 Å². The molecule has 6 nitrogen and oxygen atoms in total. The van der Waals surface area contributed by atoms with E-state index in [1.165, 1.54) is 30.5 Å². The zero-order valence-electron chi connectivity index (χ0n) is 15.6. The fraction of sp³-hybridized carbons (Fsp3) is 0.400. The first kappa shape index (κ1) is 21.4. The van der Waals surface area contributed by atoms with Crippen LogP contribution < -0.4 is 5.32 Å². The minimum Gasteiger partial charge on any atom is -0.493 e. The lowest BCUT2D eigenvalue weighted by Gasteiger charge is -2.36. The van der Waals surface area contributed by atoms with Crippen molar-refractivity contribution < 1.29 is 23.8 Å². The number of aromatic nitrogens is 1. The van der Waals surface area contributed by atoms with E-state index in [1.54, 1.807) is 0 Å². The third kappa shape index (κ3) is 5.01. The van der Waals surface area contributed by atoms with Crippen molar-refractivity contribution >= 4 is 17.5 Å². The zero-order chi connectivity index (χ0) is 21.0. The van der Waals surface area contributed by atoms with Gasteiger partial charge in [0, 0.05) is 30.9 Å². The van der Waals surface area contributed by atoms with Crippen molar-refractivity contribution in [2.45, 2.75) is 31.2 Å². The number of carbonyl (C=O) groups is 1. The predicted molar refractivity (Wildman–Crippen MR) is 104 cm³/mol. The van der Waals surface area contributed by atoms with Gasteiger partial charge >= 0.3 is 0 Å². The molecule has 156 valence electrons. The molecule has 1 amide bonds. The summed E-state index contributed by atoms with van der Waals surface area (Å²) >= 11 is 5.96. The second kappa shape index (κ2) is 9.02. The molecule has 1 aromatic carbocycles. The molecule has 0 unspecified atom stereocenters. The maximum atomic E-state index is 15.9. The number of nitrogens with zero attached hydrogens (tertiary/aromatic N) is 2. The highest BCUT2D eigenvalue weighted by Crippen LogP contribution is 2.36. The van der Waals surface area contributed by atoms with Crippen LogP contribution in [0.3, 0.4) is 0 Å². The van der Waals surface area contributed by atoms with Crippen LogP contribution >= 0.6 is 11.6 Å². The van der Waals surface area contributed by atoms with Crippen LogP contribution in [0.4, 0.5) is 8.78 Å². The van der Waals surface area contributed by atoms with Crippen LogP contribution in [0.25, 0.3) is 0 Å². The first-order valence-corrected chi connectivity index (χ1v) is 9.63. The molecule has 1 aliphatic rings. The molecule has 2 aromatic rings. The maximum absolute atomic E-state index is 15.9. The topological polar surface area (TPSA) is 85.7 Å². The van der Waals surface area contributed by atoms with Gasteiger partial charge in [0.2, 0.25) is 11.5 Å². The molecule has 1 atom stereocenters. The van der Waals surface area contributed by atoms with Gasteiger partial charge in [-0.1, -0.05) is 17.7 Å². The largest absolute Gasteiger partial charge is 0.493 e. The number of β-amino-alcohol motifs (C(OH)–C–C–N with tert-alkyl or cyclic N) is 1. The van der Waals surface area contributed by atoms with Crippen molar-refractivity contribution in [3.8, 4) is 5.88 Å². The van der Waals surface area contributed by atoms with E-state index < -0.39 is 23.3 Å². The fourth-order valence-corrected chi connectivity index (χ4v) is 3.56. The van der Waals surface area contributed by atoms with Gasteiger partial charge in [-0.05, 0) is 49.2 Å². The van der Waals surface area contributed by atoms with Crippen molar-refractivity contribution in [1.29, 1.82) is 0 Å². The molecule has 0 radical (unpaired) electrons. The fourth-order valence-electron chi connectivity index (χ4n) is 3.33. The van der Waals surface area contributed by atoms with E-state index in [2.05, 4.69) is 10.3 Å². The van der Waals surface area contributed by atoms with E-state index in [0.717, 1.165) is 6.07 Å². The van der Waals surface area contributed by atoms with Crippen LogP contribution in [-0.2, 0) is 17.0 Å². The van der Waals surface area contributed by atoms with Gasteiger partial charge in [0.15, 0.2) is 0 Å². The molecule has 29 heavy (non-hydrogen) atoms. The van der Waals surface area contributed by atoms with Gasteiger partial charge in [-0.25, -0.2) is 13.8 Å². The number of aromatic hydroxyl groups is 1. The van der Waals surface area contributed by atoms with Crippen LogP contribution in [-0.4, -0.2) is 51.7 Å². The quantitative estimate of drug-likeness (QED) is 0.605. The average molecular weight is 426 g/mol. The summed E-state index contributed by atoms with van der Waals surface area (Å²) in [6, 6.07) is 6.48. The van der Waals surface area contributed by atoms with Crippen LogP contribution in [0.15, 0.2) is 36.5 Å². The van der Waals surface area contributed by atoms with E-state index in [0.29, 0.717) is 31.6 Å². The summed E-state index contributed by atoms with van der Waals surface area (Å²) in [6.07, 6.45) is 1.09. The Labute approximate surface area is 172 Å². The van der Waals surface area contributed by atoms with Crippen LogP contribution in [0.1, 0.15) is 24.0 Å². The van der Waals surface area contributed by atoms with Crippen molar-refractivity contribution in [3.63, 3.8) is 0 Å². The molecule has 2 heterocycles. The molecule has 1 aromatic heterocycles. The summed E-state index contributed by atoms with van der Waals surface area (Å²) in [5, 5.41) is 22.0. The first-order chi connectivity index (χ1) is 13.8. The Kier molecular flexibility index (Phi) is 6.66. The summed E-state index contributed by atoms with van der Waals surface area (Å²) in [6.45, 7) is 1.46. The number of alkyl halides is 1. The first-order valence-electron chi connectivity index (χ1n) is 9.25. The number of benzene rings is 1. The number of rotatable bonds is 8. The van der Waals surface area contributed by atoms with Gasteiger partial charge in [0.25, 0.3) is 5.91 Å². The summed E-state index contributed by atoms with van der Waals surface area (Å²) in [5.74, 6) is -2.00. The lowest BCUT2D eigenvalue weighted by Crippen LogP contribution is -2.51. The monoisotopic (exact) mass is 425 g/mol. The third-order valence-electron chi connectivity index (χ3n) is 4.96. The molecule has 3 N–H and O–H groups in total. The lowest BCUT2D eigenvalue weighted by atomic mass is 9.90. The van der Waals surface area contributed by atoms with Crippen LogP contribution in [0, 0.1) is 5.82 Å². The van der Waals surface area contributed by atoms with Crippen LogP contribution in [0.2, 0.25) is 5.02 Å². The van der Waals surface area contributed by atoms with Gasteiger partial charge in [-0.15, -0.1) is 0 Å². The molecule has 1 aliphatic heterocycles. The van der Waals surface area contributed by atoms with Crippen molar-refractivity contribution in [2.24, 2.45) is 0 Å². The maximum Gasteiger partial charge on any atom is 0.262 e. The molecular weight excluding hydrogens is 404 g/mol. The van der Waals surface area contributed by atoms with E-state index >= 15 is 4.39 Å². The number of hydrogen-bond donors (Lipinski definition) is 3. The zero-order valence-corrected chi connectivity index (χ0v) is 16.4. The number of nitrogens with one attached hydrogen (secondary N) is 1. The molecule has 9 heteroatoms. The smallest absolute Gasteiger partial charge is 0.262 e. The number of likely N-dealkylation sites (tertiary alicyclic amines) is 1. The van der Waals surface area contributed by atoms with Crippen molar-refractivity contribution in [2.75, 3.05) is 19.6 Å². The second-order valence-corrected chi connectivity index (χ2v) is 7.52. The Hall–Kier alpha value is -2.29. The van der Waals surface area contributed by atoms with E-state index in [9.17, 15) is 19.4 Å². The highest BCUT2D eigenvalue weighted by molar-refractivity contribution is 6.31. The van der Waals surface area contributed by atoms with Gasteiger partial charge in [-0.2, -0.15) is 0 Å². The summed E-state index contributed by atoms with van der Waals surface area (Å²) < 4.78 is 29.1. The Morgan fingerprint density at radius 1 is 1.38 bits per heavy atom. The van der Waals surface area contributed by atoms with Crippen LogP contribution in [0.5, 0.6) is 5.88 Å². The highest BCUT2D eigenvalue weighted by atomic mass is 35.5. The molecule has 0 spiro atoms. The molecule has 1 saturated heterocycles. The normalized spacial score (nSPS) is 16.8. The molecule has 0 bridgehead atoms. The molecule has 1 fully saturated rings. The summed E-state index contributed by atoms with van der Waals surface area (Å²) in [7, 11) is 0. The van der Waals surface area contributed by atoms with Gasteiger partial charge < -0.3 is 15.5 Å². The second-order valence-electron chi connectivity index (χ2n) is 7.11. The van der Waals surface area contributed by atoms with Gasteiger partial charge in [0.05, 0.1) is 11.7 Å². The predicted octanol–water partition coefficient (Wildman–Crippen LogP) is 2.52. The van der Waals surface area contributed by atoms with Gasteiger partial charge in [-0.3, -0.25) is 9.69 Å². The Balaban J connectivity index is 1.72. The van der Waals surface area contributed by atoms with Crippen molar-refractivity contribution in [3.05, 3.63) is 58.5 Å². The summed E-state index contributed by atoms with van der Waals surface area (Å²) in [5.41, 5.74) is -2.28. The Bertz CT molecular complexity index is 880. The van der Waals surface area contributed by atoms with E-state index in [1.807, 2.05) is 4.90 Å². The number of halogens is 3. The third-order valence-corrected chi connectivity index (χ3v) is 5.31. The number of pyridine rings is 1. The SMILES string of the molecule is O=C(NCc1ccc(F)cc1Cl)[C@](F)(CCCN1CC(O)C1)c1cccnc1O. The number of aliphatic hydroxyl groups excluding tert-OH is 1. The Morgan fingerprint density at radius 3 is 2.79 bits per heavy atom. The van der Waals surface area contributed by atoms with E-state index in [4.69, 9.17) is 11.6 Å². The average Bonchev–Trinajstić information content (AvgIpc) is 2.65. The summed E-state index contributed by atoms with van der Waals surface area (Å²) in [4.78, 5) is 18.4. The molecule has 0 saturated carbocycles. The standard InChI is InChI=1S/C20H22ClF2N3O3/c21-17-9-14(22)5-4-13(17)10-25-19(29)20(23,16-3-1-7-24-18(16)28)6-2-8-26-11-15(27)12-26/h1,3-5,7,9,15,27H,2,6,8,10-12H2,(H,24,28)(H,25,29)/t20-/m0/s1. The number of aliphatic hydroxyl groups is 1. The number of amides is 1. The molecule has 0 aliphatic carbocycles. The molecule has 3 rings (SSSR count). The van der Waals surface area contributed by atoms with Crippen molar-refractivity contribution in [1.82, 2.24) is 15.2 Å². The minimum absolute atomic E-state index is 0.0943. The highest BCUT2D eigenvalue weighted by Gasteiger charge is 2.43. The Morgan fingerprint density at radius 2 is 2.14 bits per heavy atom. The molecular formula is C20H22ClF2N3O3. The number of carbonyl (C=O) groups excluding carboxylic acids is 1. The van der Waals surface area contributed by atoms with E-state index in [-0.39, 0.29) is 29.7 Å². The minimum atomic E-state index is -2.51.